The Morgan fingerprint density at radius 3 is 2.39 bits per heavy atom. The number of aromatic nitrogens is 3. The minimum atomic E-state index is -0.0166. The Labute approximate surface area is 183 Å². The molecule has 156 valence electrons. The number of aryl methyl sites for hydroxylation is 1. The number of benzene rings is 2. The van der Waals surface area contributed by atoms with Crippen molar-refractivity contribution in [3.63, 3.8) is 0 Å². The summed E-state index contributed by atoms with van der Waals surface area (Å²) in [7, 11) is 0. The molecule has 5 heteroatoms. The number of carbonyl (C=O) groups is 1. The Kier molecular flexibility index (Phi) is 6.22. The fourth-order valence-electron chi connectivity index (χ4n) is 3.71. The molecule has 5 nitrogen and oxygen atoms in total. The van der Waals surface area contributed by atoms with Crippen molar-refractivity contribution >= 4 is 5.91 Å². The van der Waals surface area contributed by atoms with Gasteiger partial charge in [0.1, 0.15) is 0 Å². The molecule has 31 heavy (non-hydrogen) atoms. The van der Waals surface area contributed by atoms with Gasteiger partial charge in [0.05, 0.1) is 23.1 Å². The minimum Gasteiger partial charge on any atom is -0.334 e. The van der Waals surface area contributed by atoms with Gasteiger partial charge < -0.3 is 4.90 Å². The van der Waals surface area contributed by atoms with Crippen molar-refractivity contribution in [3.8, 4) is 5.69 Å². The molecule has 0 bridgehead atoms. The Morgan fingerprint density at radius 2 is 1.65 bits per heavy atom. The van der Waals surface area contributed by atoms with Gasteiger partial charge in [-0.1, -0.05) is 54.6 Å². The normalized spacial score (nSPS) is 10.8. The molecule has 4 aromatic rings. The Morgan fingerprint density at radius 1 is 0.903 bits per heavy atom. The zero-order valence-electron chi connectivity index (χ0n) is 17.9. The van der Waals surface area contributed by atoms with E-state index in [1.807, 2.05) is 84.2 Å². The van der Waals surface area contributed by atoms with Crippen molar-refractivity contribution in [1.29, 1.82) is 0 Å². The van der Waals surface area contributed by atoms with E-state index in [0.717, 1.165) is 28.9 Å². The summed E-state index contributed by atoms with van der Waals surface area (Å²) in [5, 5.41) is 4.53. The molecule has 0 atom stereocenters. The van der Waals surface area contributed by atoms with E-state index in [1.54, 1.807) is 12.4 Å². The first-order chi connectivity index (χ1) is 15.1. The monoisotopic (exact) mass is 410 g/mol. The number of carbonyl (C=O) groups excluding carboxylic acids is 1. The Hall–Kier alpha value is -3.73. The average molecular weight is 411 g/mol. The van der Waals surface area contributed by atoms with Crippen LogP contribution in [0.25, 0.3) is 5.69 Å². The molecule has 0 aliphatic heterocycles. The highest BCUT2D eigenvalue weighted by Gasteiger charge is 2.22. The highest BCUT2D eigenvalue weighted by molar-refractivity contribution is 5.95. The molecule has 2 heterocycles. The summed E-state index contributed by atoms with van der Waals surface area (Å²) in [6, 6.07) is 22.2. The van der Waals surface area contributed by atoms with Gasteiger partial charge in [-0.25, -0.2) is 4.68 Å². The summed E-state index contributed by atoms with van der Waals surface area (Å²) in [6.45, 7) is 5.12. The van der Waals surface area contributed by atoms with E-state index in [-0.39, 0.29) is 5.91 Å². The van der Waals surface area contributed by atoms with Gasteiger partial charge in [-0.15, -0.1) is 0 Å². The predicted octanol–water partition coefficient (Wildman–Crippen LogP) is 4.77. The van der Waals surface area contributed by atoms with E-state index in [0.29, 0.717) is 18.7 Å². The number of hydrogen-bond donors (Lipinski definition) is 0. The van der Waals surface area contributed by atoms with E-state index >= 15 is 0 Å². The number of pyridine rings is 1. The van der Waals surface area contributed by atoms with Crippen molar-refractivity contribution in [2.75, 3.05) is 6.54 Å². The second-order valence-electron chi connectivity index (χ2n) is 7.67. The largest absolute Gasteiger partial charge is 0.334 e. The topological polar surface area (TPSA) is 51.0 Å². The molecular formula is C26H26N4O. The molecule has 0 spiro atoms. The van der Waals surface area contributed by atoms with Gasteiger partial charge in [-0.2, -0.15) is 5.10 Å². The smallest absolute Gasteiger partial charge is 0.257 e. The third-order valence-electron chi connectivity index (χ3n) is 5.48. The maximum atomic E-state index is 13.6. The van der Waals surface area contributed by atoms with E-state index < -0.39 is 0 Å². The molecule has 0 saturated heterocycles. The van der Waals surface area contributed by atoms with Crippen LogP contribution in [-0.4, -0.2) is 32.1 Å². The first-order valence-corrected chi connectivity index (χ1v) is 10.5. The first-order valence-electron chi connectivity index (χ1n) is 10.5. The lowest BCUT2D eigenvalue weighted by Crippen LogP contribution is -2.33. The van der Waals surface area contributed by atoms with E-state index in [9.17, 15) is 4.79 Å². The van der Waals surface area contributed by atoms with Crippen molar-refractivity contribution in [2.24, 2.45) is 0 Å². The van der Waals surface area contributed by atoms with Gasteiger partial charge in [-0.3, -0.25) is 9.78 Å². The fraction of sp³-hybridized carbons (Fsp3) is 0.192. The molecule has 0 saturated carbocycles. The van der Waals surface area contributed by atoms with Crippen LogP contribution in [0.15, 0.2) is 85.3 Å². The van der Waals surface area contributed by atoms with Crippen LogP contribution in [0.5, 0.6) is 0 Å². The van der Waals surface area contributed by atoms with Crippen molar-refractivity contribution in [1.82, 2.24) is 19.7 Å². The second-order valence-corrected chi connectivity index (χ2v) is 7.67. The quantitative estimate of drug-likeness (QED) is 0.441. The summed E-state index contributed by atoms with van der Waals surface area (Å²) in [4.78, 5) is 19.7. The maximum Gasteiger partial charge on any atom is 0.257 e. The first kappa shape index (κ1) is 20.5. The summed E-state index contributed by atoms with van der Waals surface area (Å²) < 4.78 is 1.85. The molecule has 0 radical (unpaired) electrons. The van der Waals surface area contributed by atoms with Gasteiger partial charge in [0.15, 0.2) is 0 Å². The van der Waals surface area contributed by atoms with E-state index in [4.69, 9.17) is 0 Å². The molecular weight excluding hydrogens is 384 g/mol. The van der Waals surface area contributed by atoms with E-state index in [1.165, 1.54) is 5.56 Å². The van der Waals surface area contributed by atoms with Crippen LogP contribution in [0, 0.1) is 13.8 Å². The molecule has 0 unspecified atom stereocenters. The Balaban J connectivity index is 1.61. The molecule has 0 aliphatic carbocycles. The molecule has 2 aromatic heterocycles. The van der Waals surface area contributed by atoms with Crippen LogP contribution in [0.3, 0.4) is 0 Å². The lowest BCUT2D eigenvalue weighted by atomic mass is 10.1. The third-order valence-corrected chi connectivity index (χ3v) is 5.48. The number of amides is 1. The summed E-state index contributed by atoms with van der Waals surface area (Å²) >= 11 is 0. The van der Waals surface area contributed by atoms with Crippen LogP contribution < -0.4 is 0 Å². The summed E-state index contributed by atoms with van der Waals surface area (Å²) in [5.41, 5.74) is 5.79. The lowest BCUT2D eigenvalue weighted by molar-refractivity contribution is 0.0744. The molecule has 0 N–H and O–H groups in total. The van der Waals surface area contributed by atoms with Crippen molar-refractivity contribution < 1.29 is 4.79 Å². The van der Waals surface area contributed by atoms with Crippen LogP contribution >= 0.6 is 0 Å². The zero-order valence-corrected chi connectivity index (χ0v) is 17.9. The average Bonchev–Trinajstić information content (AvgIpc) is 3.19. The fourth-order valence-corrected chi connectivity index (χ4v) is 3.71. The summed E-state index contributed by atoms with van der Waals surface area (Å²) in [6.07, 6.45) is 6.03. The highest BCUT2D eigenvalue weighted by atomic mass is 16.2. The molecule has 0 fully saturated rings. The van der Waals surface area contributed by atoms with Gasteiger partial charge in [0.2, 0.25) is 0 Å². The molecule has 0 aliphatic rings. The van der Waals surface area contributed by atoms with E-state index in [2.05, 4.69) is 22.2 Å². The number of para-hydroxylation sites is 1. The van der Waals surface area contributed by atoms with Crippen LogP contribution in [0.1, 0.15) is 32.7 Å². The lowest BCUT2D eigenvalue weighted by Gasteiger charge is -2.23. The highest BCUT2D eigenvalue weighted by Crippen LogP contribution is 2.20. The van der Waals surface area contributed by atoms with Gasteiger partial charge in [0, 0.05) is 25.5 Å². The Bertz CT molecular complexity index is 1150. The van der Waals surface area contributed by atoms with Gasteiger partial charge in [0.25, 0.3) is 5.91 Å². The van der Waals surface area contributed by atoms with Gasteiger partial charge in [-0.05, 0) is 49.1 Å². The molecule has 1 amide bonds. The summed E-state index contributed by atoms with van der Waals surface area (Å²) in [5.74, 6) is -0.0166. The standard InChI is InChI=1S/C26H26N4O/c1-20-9-6-7-13-25(20)30-21(2)24(18-28-30)26(31)29(19-23-12-8-15-27-17-23)16-14-22-10-4-3-5-11-22/h3-13,15,17-18H,14,16,19H2,1-2H3. The van der Waals surface area contributed by atoms with Crippen LogP contribution in [-0.2, 0) is 13.0 Å². The zero-order chi connectivity index (χ0) is 21.6. The van der Waals surface area contributed by atoms with Crippen molar-refractivity contribution in [2.45, 2.75) is 26.8 Å². The molecule has 2 aromatic carbocycles. The molecule has 4 rings (SSSR count). The minimum absolute atomic E-state index is 0.0166. The van der Waals surface area contributed by atoms with Crippen molar-refractivity contribution in [3.05, 3.63) is 113 Å². The number of nitrogens with zero attached hydrogens (tertiary/aromatic N) is 4. The van der Waals surface area contributed by atoms with Crippen LogP contribution in [0.2, 0.25) is 0 Å². The maximum absolute atomic E-state index is 13.6. The number of hydrogen-bond acceptors (Lipinski definition) is 3. The van der Waals surface area contributed by atoms with Crippen LogP contribution in [0.4, 0.5) is 0 Å². The third kappa shape index (κ3) is 4.72. The second kappa shape index (κ2) is 9.39. The number of rotatable bonds is 7. The SMILES string of the molecule is Cc1ccccc1-n1ncc(C(=O)N(CCc2ccccc2)Cc2cccnc2)c1C. The van der Waals surface area contributed by atoms with Gasteiger partial charge >= 0.3 is 0 Å². The predicted molar refractivity (Wildman–Crippen MR) is 122 cm³/mol.